The first kappa shape index (κ1) is 22.0. The molecule has 0 amide bonds. The second-order valence-corrected chi connectivity index (χ2v) is 11.2. The standard InChI is InChI=1S/C18H23O6PS2/c1-3-14-26-25(19,22-4-2)24-17-10-12-18(13-11-17)27(20,21)23-15-16-8-6-5-7-9-16/h5-13H,3-4,14-15H2,1-2H3. The molecule has 0 aliphatic rings. The van der Waals surface area contributed by atoms with Gasteiger partial charge in [-0.05, 0) is 54.6 Å². The van der Waals surface area contributed by atoms with Crippen molar-refractivity contribution >= 4 is 28.3 Å². The summed E-state index contributed by atoms with van der Waals surface area (Å²) >= 11 is 1.13. The lowest BCUT2D eigenvalue weighted by atomic mass is 10.2. The highest BCUT2D eigenvalue weighted by molar-refractivity contribution is 8.55. The molecule has 2 aromatic rings. The van der Waals surface area contributed by atoms with Crippen LogP contribution in [0.1, 0.15) is 25.8 Å². The van der Waals surface area contributed by atoms with E-state index < -0.39 is 16.9 Å². The Balaban J connectivity index is 2.05. The Kier molecular flexibility index (Phi) is 8.38. The minimum absolute atomic E-state index is 0.00163. The molecule has 0 aliphatic heterocycles. The lowest BCUT2D eigenvalue weighted by Gasteiger charge is -2.17. The molecule has 1 atom stereocenters. The molecule has 1 unspecified atom stereocenters. The number of hydrogen-bond donors (Lipinski definition) is 0. The zero-order valence-corrected chi connectivity index (χ0v) is 17.8. The van der Waals surface area contributed by atoms with Gasteiger partial charge in [0.2, 0.25) is 0 Å². The molecule has 2 aromatic carbocycles. The van der Waals surface area contributed by atoms with Crippen LogP contribution >= 0.6 is 18.2 Å². The average Bonchev–Trinajstić information content (AvgIpc) is 2.66. The fourth-order valence-corrected chi connectivity index (χ4v) is 6.39. The summed E-state index contributed by atoms with van der Waals surface area (Å²) in [5.74, 6) is 0.911. The van der Waals surface area contributed by atoms with Crippen molar-refractivity contribution in [3.63, 3.8) is 0 Å². The molecule has 2 rings (SSSR count). The van der Waals surface area contributed by atoms with Gasteiger partial charge in [-0.1, -0.05) is 37.3 Å². The highest BCUT2D eigenvalue weighted by Crippen LogP contribution is 2.60. The first-order chi connectivity index (χ1) is 12.9. The second kappa shape index (κ2) is 10.3. The summed E-state index contributed by atoms with van der Waals surface area (Å²) in [6.07, 6.45) is 0.834. The van der Waals surface area contributed by atoms with Gasteiger partial charge >= 0.3 is 6.80 Å². The Morgan fingerprint density at radius 2 is 1.67 bits per heavy atom. The predicted octanol–water partition coefficient (Wildman–Crippen LogP) is 5.26. The highest BCUT2D eigenvalue weighted by atomic mass is 32.7. The first-order valence-corrected chi connectivity index (χ1v) is 13.0. The van der Waals surface area contributed by atoms with Gasteiger partial charge in [-0.25, -0.2) is 4.57 Å². The maximum atomic E-state index is 12.7. The largest absolute Gasteiger partial charge is 0.440 e. The maximum absolute atomic E-state index is 12.7. The molecule has 0 spiro atoms. The molecule has 27 heavy (non-hydrogen) atoms. The molecule has 0 N–H and O–H groups in total. The number of benzene rings is 2. The summed E-state index contributed by atoms with van der Waals surface area (Å²) in [4.78, 5) is -0.00163. The number of hydrogen-bond acceptors (Lipinski definition) is 7. The van der Waals surface area contributed by atoms with Crippen molar-refractivity contribution in [2.24, 2.45) is 0 Å². The van der Waals surface area contributed by atoms with Gasteiger partial charge in [-0.3, -0.25) is 8.71 Å². The van der Waals surface area contributed by atoms with Crippen LogP contribution in [-0.4, -0.2) is 20.8 Å². The smallest absolute Gasteiger partial charge is 0.417 e. The molecule has 6 nitrogen and oxygen atoms in total. The van der Waals surface area contributed by atoms with Crippen molar-refractivity contribution in [3.05, 3.63) is 60.2 Å². The molecule has 0 aliphatic carbocycles. The highest BCUT2D eigenvalue weighted by Gasteiger charge is 2.26. The van der Waals surface area contributed by atoms with Gasteiger partial charge < -0.3 is 4.52 Å². The third-order valence-corrected chi connectivity index (χ3v) is 8.52. The van der Waals surface area contributed by atoms with Gasteiger partial charge in [-0.2, -0.15) is 8.42 Å². The Hall–Kier alpha value is -1.31. The van der Waals surface area contributed by atoms with E-state index >= 15 is 0 Å². The third-order valence-electron chi connectivity index (χ3n) is 3.29. The van der Waals surface area contributed by atoms with Gasteiger partial charge in [0.15, 0.2) is 0 Å². The van der Waals surface area contributed by atoms with Crippen molar-refractivity contribution < 1.29 is 26.2 Å². The van der Waals surface area contributed by atoms with E-state index in [0.29, 0.717) is 5.75 Å². The lowest BCUT2D eigenvalue weighted by Crippen LogP contribution is -2.06. The van der Waals surface area contributed by atoms with E-state index in [1.807, 2.05) is 25.1 Å². The van der Waals surface area contributed by atoms with Crippen LogP contribution in [-0.2, 0) is 30.0 Å². The monoisotopic (exact) mass is 430 g/mol. The summed E-state index contributed by atoms with van der Waals surface area (Å²) in [5, 5.41) is 0. The Labute approximate surface area is 164 Å². The van der Waals surface area contributed by atoms with Crippen LogP contribution in [0.5, 0.6) is 5.75 Å². The molecule has 148 valence electrons. The Morgan fingerprint density at radius 3 is 2.26 bits per heavy atom. The summed E-state index contributed by atoms with van der Waals surface area (Å²) in [6, 6.07) is 14.6. The van der Waals surface area contributed by atoms with Gasteiger partial charge in [-0.15, -0.1) is 0 Å². The van der Waals surface area contributed by atoms with Crippen molar-refractivity contribution in [2.75, 3.05) is 12.4 Å². The van der Waals surface area contributed by atoms with Crippen LogP contribution in [0.2, 0.25) is 0 Å². The quantitative estimate of drug-likeness (QED) is 0.355. The average molecular weight is 430 g/mol. The van der Waals surface area contributed by atoms with E-state index in [1.165, 1.54) is 24.3 Å². The zero-order chi connectivity index (χ0) is 19.8. The SMILES string of the molecule is CCCSP(=O)(OCC)Oc1ccc(S(=O)(=O)OCc2ccccc2)cc1. The summed E-state index contributed by atoms with van der Waals surface area (Å²) in [6.45, 7) is 0.589. The summed E-state index contributed by atoms with van der Waals surface area (Å²) in [7, 11) is -3.90. The van der Waals surface area contributed by atoms with E-state index in [2.05, 4.69) is 0 Å². The van der Waals surface area contributed by atoms with E-state index in [0.717, 1.165) is 23.4 Å². The van der Waals surface area contributed by atoms with Gasteiger partial charge in [0.25, 0.3) is 10.1 Å². The van der Waals surface area contributed by atoms with Crippen molar-refractivity contribution in [2.45, 2.75) is 31.8 Å². The minimum atomic E-state index is -3.90. The molecule has 0 bridgehead atoms. The molecule has 9 heteroatoms. The fraction of sp³-hybridized carbons (Fsp3) is 0.333. The van der Waals surface area contributed by atoms with Gasteiger partial charge in [0.05, 0.1) is 18.1 Å². The Morgan fingerprint density at radius 1 is 1.00 bits per heavy atom. The fourth-order valence-electron chi connectivity index (χ4n) is 2.04. The van der Waals surface area contributed by atoms with Crippen LogP contribution in [0.15, 0.2) is 59.5 Å². The van der Waals surface area contributed by atoms with Crippen LogP contribution in [0.4, 0.5) is 0 Å². The van der Waals surface area contributed by atoms with Crippen LogP contribution in [0.25, 0.3) is 0 Å². The van der Waals surface area contributed by atoms with Crippen molar-refractivity contribution in [3.8, 4) is 5.75 Å². The van der Waals surface area contributed by atoms with Crippen molar-refractivity contribution in [1.82, 2.24) is 0 Å². The Bertz CT molecular complexity index is 853. The van der Waals surface area contributed by atoms with Crippen LogP contribution < -0.4 is 4.52 Å². The summed E-state index contributed by atoms with van der Waals surface area (Å²) < 4.78 is 53.1. The third kappa shape index (κ3) is 6.97. The van der Waals surface area contributed by atoms with E-state index in [-0.39, 0.29) is 23.9 Å². The predicted molar refractivity (Wildman–Crippen MR) is 107 cm³/mol. The maximum Gasteiger partial charge on any atom is 0.440 e. The molecule has 0 radical (unpaired) electrons. The molecule has 0 aromatic heterocycles. The first-order valence-electron chi connectivity index (χ1n) is 8.50. The molecule has 0 fully saturated rings. The number of rotatable bonds is 11. The summed E-state index contributed by atoms with van der Waals surface area (Å²) in [5.41, 5.74) is 0.756. The second-order valence-electron chi connectivity index (χ2n) is 5.46. The van der Waals surface area contributed by atoms with E-state index in [4.69, 9.17) is 13.2 Å². The van der Waals surface area contributed by atoms with Crippen molar-refractivity contribution in [1.29, 1.82) is 0 Å². The molecule has 0 saturated heterocycles. The van der Waals surface area contributed by atoms with Gasteiger partial charge in [0.1, 0.15) is 5.75 Å². The normalized spacial score (nSPS) is 13.9. The molecular weight excluding hydrogens is 407 g/mol. The van der Waals surface area contributed by atoms with Gasteiger partial charge in [0, 0.05) is 5.75 Å². The minimum Gasteiger partial charge on any atom is -0.417 e. The molecular formula is C18H23O6PS2. The zero-order valence-electron chi connectivity index (χ0n) is 15.2. The molecule has 0 heterocycles. The topological polar surface area (TPSA) is 78.9 Å². The van der Waals surface area contributed by atoms with Crippen LogP contribution in [0.3, 0.4) is 0 Å². The van der Waals surface area contributed by atoms with E-state index in [1.54, 1.807) is 19.1 Å². The van der Waals surface area contributed by atoms with E-state index in [9.17, 15) is 13.0 Å². The lowest BCUT2D eigenvalue weighted by molar-refractivity contribution is 0.296. The van der Waals surface area contributed by atoms with Crippen LogP contribution in [0, 0.1) is 0 Å². The molecule has 0 saturated carbocycles.